The summed E-state index contributed by atoms with van der Waals surface area (Å²) < 4.78 is 50.4. The van der Waals surface area contributed by atoms with Gasteiger partial charge in [-0.15, -0.1) is 0 Å². The van der Waals surface area contributed by atoms with E-state index < -0.39 is 17.6 Å². The maximum absolute atomic E-state index is 13.3. The van der Waals surface area contributed by atoms with Crippen molar-refractivity contribution in [3.05, 3.63) is 40.7 Å². The molecule has 1 aliphatic carbocycles. The second-order valence-electron chi connectivity index (χ2n) is 4.27. The molecule has 0 spiro atoms. The highest BCUT2D eigenvalue weighted by atomic mass is 19.4. The Bertz CT molecular complexity index is 463. The van der Waals surface area contributed by atoms with Gasteiger partial charge in [0.05, 0.1) is 5.56 Å². The first-order chi connectivity index (χ1) is 7.89. The Hall–Kier alpha value is -1.32. The molecule has 0 amide bonds. The maximum atomic E-state index is 13.3. The summed E-state index contributed by atoms with van der Waals surface area (Å²) in [5, 5.41) is 0. The number of benzene rings is 1. The van der Waals surface area contributed by atoms with Crippen LogP contribution in [-0.2, 0) is 6.18 Å². The molecule has 0 saturated heterocycles. The zero-order valence-electron chi connectivity index (χ0n) is 9.37. The summed E-state index contributed by atoms with van der Waals surface area (Å²) in [7, 11) is 0. The first-order valence-electron chi connectivity index (χ1n) is 5.45. The molecule has 0 atom stereocenters. The minimum absolute atomic E-state index is 0.546. The van der Waals surface area contributed by atoms with Gasteiger partial charge in [-0.3, -0.25) is 0 Å². The lowest BCUT2D eigenvalue weighted by Gasteiger charge is -2.20. The predicted octanol–water partition coefficient (Wildman–Crippen LogP) is 4.80. The lowest BCUT2D eigenvalue weighted by Crippen LogP contribution is -2.08. The Morgan fingerprint density at radius 1 is 1.18 bits per heavy atom. The van der Waals surface area contributed by atoms with Gasteiger partial charge >= 0.3 is 6.18 Å². The summed E-state index contributed by atoms with van der Waals surface area (Å²) in [6.45, 7) is 1.83. The van der Waals surface area contributed by atoms with Crippen LogP contribution in [0.5, 0.6) is 0 Å². The molecule has 0 radical (unpaired) electrons. The second-order valence-corrected chi connectivity index (χ2v) is 4.27. The zero-order valence-corrected chi connectivity index (χ0v) is 9.37. The molecule has 0 unspecified atom stereocenters. The maximum Gasteiger partial charge on any atom is 0.419 e. The fraction of sp³-hybridized carbons (Fsp3) is 0.385. The highest BCUT2D eigenvalue weighted by Gasteiger charge is 2.34. The molecule has 1 aromatic rings. The van der Waals surface area contributed by atoms with Gasteiger partial charge in [0.15, 0.2) is 0 Å². The minimum atomic E-state index is -4.62. The number of halogens is 4. The predicted molar refractivity (Wildman–Crippen MR) is 57.8 cm³/mol. The van der Waals surface area contributed by atoms with Crippen LogP contribution in [0.25, 0.3) is 5.57 Å². The van der Waals surface area contributed by atoms with E-state index in [0.717, 1.165) is 37.0 Å². The average Bonchev–Trinajstić information content (AvgIpc) is 2.12. The molecule has 17 heavy (non-hydrogen) atoms. The Morgan fingerprint density at radius 2 is 1.82 bits per heavy atom. The van der Waals surface area contributed by atoms with Crippen molar-refractivity contribution < 1.29 is 17.6 Å². The molecule has 1 fully saturated rings. The monoisotopic (exact) mass is 244 g/mol. The standard InChI is InChI=1S/C13H12F4/c1-8(9-3-2-4-9)10-5-6-11(12(14)7-10)13(15,16)17/h5-7H,2-4H2,1H3. The molecule has 4 heteroatoms. The third-order valence-corrected chi connectivity index (χ3v) is 3.19. The smallest absolute Gasteiger partial charge is 0.206 e. The molecular weight excluding hydrogens is 232 g/mol. The Kier molecular flexibility index (Phi) is 2.98. The second kappa shape index (κ2) is 4.17. The summed E-state index contributed by atoms with van der Waals surface area (Å²) in [6, 6.07) is 3.13. The van der Waals surface area contributed by atoms with Crippen molar-refractivity contribution >= 4 is 5.57 Å². The van der Waals surface area contributed by atoms with Crippen LogP contribution in [0.2, 0.25) is 0 Å². The fourth-order valence-corrected chi connectivity index (χ4v) is 1.91. The topological polar surface area (TPSA) is 0 Å². The van der Waals surface area contributed by atoms with E-state index in [1.54, 1.807) is 0 Å². The van der Waals surface area contributed by atoms with Crippen molar-refractivity contribution in [2.45, 2.75) is 32.4 Å². The van der Waals surface area contributed by atoms with E-state index in [-0.39, 0.29) is 0 Å². The summed E-state index contributed by atoms with van der Waals surface area (Å²) in [5.41, 5.74) is 1.46. The van der Waals surface area contributed by atoms with Crippen LogP contribution in [-0.4, -0.2) is 0 Å². The molecule has 0 aromatic heterocycles. The van der Waals surface area contributed by atoms with E-state index in [0.29, 0.717) is 5.56 Å². The fourth-order valence-electron chi connectivity index (χ4n) is 1.91. The van der Waals surface area contributed by atoms with Gasteiger partial charge in [0.25, 0.3) is 0 Å². The number of hydrogen-bond acceptors (Lipinski definition) is 0. The van der Waals surface area contributed by atoms with Crippen molar-refractivity contribution in [1.82, 2.24) is 0 Å². The molecule has 92 valence electrons. The molecule has 0 N–H and O–H groups in total. The van der Waals surface area contributed by atoms with E-state index >= 15 is 0 Å². The van der Waals surface area contributed by atoms with E-state index in [4.69, 9.17) is 0 Å². The van der Waals surface area contributed by atoms with Crippen molar-refractivity contribution in [2.24, 2.45) is 0 Å². The molecule has 0 bridgehead atoms. The van der Waals surface area contributed by atoms with E-state index in [1.807, 2.05) is 6.92 Å². The summed E-state index contributed by atoms with van der Waals surface area (Å²) in [4.78, 5) is 0. The van der Waals surface area contributed by atoms with Crippen LogP contribution in [0.4, 0.5) is 17.6 Å². The molecule has 0 heterocycles. The van der Waals surface area contributed by atoms with E-state index in [1.165, 1.54) is 11.6 Å². The van der Waals surface area contributed by atoms with Crippen molar-refractivity contribution in [1.29, 1.82) is 0 Å². The highest BCUT2D eigenvalue weighted by Crippen LogP contribution is 2.36. The normalized spacial score (nSPS) is 15.7. The molecule has 0 nitrogen and oxygen atoms in total. The summed E-state index contributed by atoms with van der Waals surface area (Å²) in [6.07, 6.45) is -1.58. The Labute approximate surface area is 97.0 Å². The van der Waals surface area contributed by atoms with Crippen LogP contribution >= 0.6 is 0 Å². The average molecular weight is 244 g/mol. The summed E-state index contributed by atoms with van der Waals surface area (Å²) in [5.74, 6) is -1.20. The molecule has 2 rings (SSSR count). The Balaban J connectivity index is 2.38. The molecule has 1 aromatic carbocycles. The van der Waals surface area contributed by atoms with Crippen molar-refractivity contribution in [2.75, 3.05) is 0 Å². The third-order valence-electron chi connectivity index (χ3n) is 3.19. The number of allylic oxidation sites excluding steroid dienone is 2. The minimum Gasteiger partial charge on any atom is -0.206 e. The first kappa shape index (κ1) is 12.1. The van der Waals surface area contributed by atoms with Crippen LogP contribution in [0.1, 0.15) is 37.3 Å². The highest BCUT2D eigenvalue weighted by molar-refractivity contribution is 5.68. The molecule has 1 aliphatic rings. The number of rotatable bonds is 1. The van der Waals surface area contributed by atoms with E-state index in [2.05, 4.69) is 0 Å². The van der Waals surface area contributed by atoms with E-state index in [9.17, 15) is 17.6 Å². The van der Waals surface area contributed by atoms with Gasteiger partial charge in [-0.2, -0.15) is 13.2 Å². The van der Waals surface area contributed by atoms with Gasteiger partial charge in [0, 0.05) is 0 Å². The quantitative estimate of drug-likeness (QED) is 0.622. The van der Waals surface area contributed by atoms with Gasteiger partial charge in [-0.05, 0) is 49.5 Å². The molecule has 0 aliphatic heterocycles. The van der Waals surface area contributed by atoms with Gasteiger partial charge in [0.1, 0.15) is 5.82 Å². The van der Waals surface area contributed by atoms with Crippen molar-refractivity contribution in [3.8, 4) is 0 Å². The molecular formula is C13H12F4. The first-order valence-corrected chi connectivity index (χ1v) is 5.45. The van der Waals surface area contributed by atoms with Crippen molar-refractivity contribution in [3.63, 3.8) is 0 Å². The SMILES string of the molecule is CC(=C1CCC1)c1ccc(C(F)(F)F)c(F)c1. The van der Waals surface area contributed by atoms with Gasteiger partial charge < -0.3 is 0 Å². The van der Waals surface area contributed by atoms with Crippen LogP contribution < -0.4 is 0 Å². The molecule has 1 saturated carbocycles. The van der Waals surface area contributed by atoms with Crippen LogP contribution in [0.15, 0.2) is 23.8 Å². The number of alkyl halides is 3. The van der Waals surface area contributed by atoms with Crippen LogP contribution in [0, 0.1) is 5.82 Å². The van der Waals surface area contributed by atoms with Gasteiger partial charge in [-0.1, -0.05) is 11.6 Å². The summed E-state index contributed by atoms with van der Waals surface area (Å²) >= 11 is 0. The van der Waals surface area contributed by atoms with Gasteiger partial charge in [-0.25, -0.2) is 4.39 Å². The largest absolute Gasteiger partial charge is 0.419 e. The Morgan fingerprint density at radius 3 is 2.24 bits per heavy atom. The number of hydrogen-bond donors (Lipinski definition) is 0. The third kappa shape index (κ3) is 2.35. The lowest BCUT2D eigenvalue weighted by molar-refractivity contribution is -0.140. The lowest BCUT2D eigenvalue weighted by atomic mass is 9.86. The van der Waals surface area contributed by atoms with Gasteiger partial charge in [0.2, 0.25) is 0 Å². The zero-order chi connectivity index (χ0) is 12.6. The van der Waals surface area contributed by atoms with Crippen LogP contribution in [0.3, 0.4) is 0 Å².